The normalized spacial score (nSPS) is 10.7. The number of hydrogen-bond acceptors (Lipinski definition) is 3. The zero-order chi connectivity index (χ0) is 8.36. The first-order valence-corrected chi connectivity index (χ1v) is 3.73. The number of hydrogen-bond donors (Lipinski definition) is 2. The largest absolute Gasteiger partial charge is 0.361 e. The van der Waals surface area contributed by atoms with Crippen molar-refractivity contribution in [1.29, 1.82) is 0 Å². The molecule has 0 saturated heterocycles. The van der Waals surface area contributed by atoms with Gasteiger partial charge in [0.25, 0.3) is 0 Å². The van der Waals surface area contributed by atoms with Crippen LogP contribution in [0.4, 0.5) is 4.79 Å². The predicted octanol–water partition coefficient (Wildman–Crippen LogP) is -0.940. The van der Waals surface area contributed by atoms with E-state index in [1.54, 1.807) is 0 Å². The van der Waals surface area contributed by atoms with Gasteiger partial charge >= 0.3 is 16.3 Å². The molecule has 0 heterocycles. The van der Waals surface area contributed by atoms with Gasteiger partial charge in [0, 0.05) is 14.1 Å². The lowest BCUT2D eigenvalue weighted by Crippen LogP contribution is -2.38. The summed E-state index contributed by atoms with van der Waals surface area (Å²) in [6.45, 7) is 0. The molecule has 0 aromatic rings. The minimum Gasteiger partial charge on any atom is -0.330 e. The Bertz CT molecular complexity index is 219. The van der Waals surface area contributed by atoms with Crippen LogP contribution in [0.1, 0.15) is 0 Å². The molecule has 0 aromatic carbocycles. The maximum atomic E-state index is 10.4. The highest BCUT2D eigenvalue weighted by atomic mass is 32.2. The van der Waals surface area contributed by atoms with E-state index in [0.717, 1.165) is 4.90 Å². The van der Waals surface area contributed by atoms with E-state index < -0.39 is 16.3 Å². The average molecular weight is 168 g/mol. The highest BCUT2D eigenvalue weighted by molar-refractivity contribution is 7.84. The van der Waals surface area contributed by atoms with Crippen LogP contribution in [-0.4, -0.2) is 38.0 Å². The second-order valence-corrected chi connectivity index (χ2v) is 2.93. The Kier molecular flexibility index (Phi) is 2.61. The fourth-order valence-corrected chi connectivity index (χ4v) is 0.605. The second-order valence-electron chi connectivity index (χ2n) is 1.78. The maximum Gasteiger partial charge on any atom is 0.361 e. The molecule has 10 heavy (non-hydrogen) atoms. The van der Waals surface area contributed by atoms with E-state index in [-0.39, 0.29) is 0 Å². The van der Waals surface area contributed by atoms with E-state index >= 15 is 0 Å². The van der Waals surface area contributed by atoms with Crippen LogP contribution in [0.5, 0.6) is 0 Å². The molecule has 0 spiro atoms. The van der Waals surface area contributed by atoms with Crippen LogP contribution in [0.2, 0.25) is 0 Å². The Morgan fingerprint density at radius 2 is 1.90 bits per heavy atom. The third kappa shape index (κ3) is 4.10. The van der Waals surface area contributed by atoms with Gasteiger partial charge in [0.05, 0.1) is 0 Å². The summed E-state index contributed by atoms with van der Waals surface area (Å²) in [4.78, 5) is 11.4. The van der Waals surface area contributed by atoms with Crippen molar-refractivity contribution in [3.63, 3.8) is 0 Å². The molecule has 0 saturated carbocycles. The van der Waals surface area contributed by atoms with Crippen molar-refractivity contribution < 1.29 is 17.8 Å². The number of amides is 2. The second kappa shape index (κ2) is 2.84. The number of nitrogens with one attached hydrogen (secondary N) is 1. The first-order valence-electron chi connectivity index (χ1n) is 2.29. The zero-order valence-corrected chi connectivity index (χ0v) is 6.34. The molecule has 0 aromatic heterocycles. The molecular weight excluding hydrogens is 160 g/mol. The summed E-state index contributed by atoms with van der Waals surface area (Å²) < 4.78 is 29.3. The van der Waals surface area contributed by atoms with Gasteiger partial charge in [0.1, 0.15) is 0 Å². The van der Waals surface area contributed by atoms with Gasteiger partial charge in [-0.25, -0.2) is 9.52 Å². The fraction of sp³-hybridized carbons (Fsp3) is 0.667. The first kappa shape index (κ1) is 9.18. The molecule has 0 atom stereocenters. The number of carbonyl (C=O) groups is 1. The lowest BCUT2D eigenvalue weighted by molar-refractivity contribution is 0.222. The molecule has 0 aliphatic rings. The number of carbonyl (C=O) groups excluding carboxylic acids is 1. The smallest absolute Gasteiger partial charge is 0.330 e. The number of nitrogens with zero attached hydrogens (tertiary/aromatic N) is 1. The lowest BCUT2D eigenvalue weighted by atomic mass is 10.9. The highest BCUT2D eigenvalue weighted by Gasteiger charge is 2.10. The van der Waals surface area contributed by atoms with Gasteiger partial charge in [0.15, 0.2) is 0 Å². The summed E-state index contributed by atoms with van der Waals surface area (Å²) in [6.07, 6.45) is 0. The van der Waals surface area contributed by atoms with Crippen LogP contribution < -0.4 is 4.72 Å². The van der Waals surface area contributed by atoms with E-state index in [1.807, 2.05) is 0 Å². The van der Waals surface area contributed by atoms with Crippen molar-refractivity contribution in [3.8, 4) is 0 Å². The Morgan fingerprint density at radius 3 is 2.00 bits per heavy atom. The van der Waals surface area contributed by atoms with Crippen LogP contribution in [-0.2, 0) is 10.3 Å². The Hall–Kier alpha value is -0.820. The van der Waals surface area contributed by atoms with E-state index in [0.29, 0.717) is 0 Å². The Morgan fingerprint density at radius 1 is 1.50 bits per heavy atom. The Labute approximate surface area is 58.7 Å². The Balaban J connectivity index is 4.07. The van der Waals surface area contributed by atoms with Crippen molar-refractivity contribution in [1.82, 2.24) is 9.62 Å². The summed E-state index contributed by atoms with van der Waals surface area (Å²) in [6, 6.07) is -0.887. The van der Waals surface area contributed by atoms with Crippen LogP contribution in [0.15, 0.2) is 0 Å². The van der Waals surface area contributed by atoms with Crippen LogP contribution >= 0.6 is 0 Å². The lowest BCUT2D eigenvalue weighted by Gasteiger charge is -2.08. The summed E-state index contributed by atoms with van der Waals surface area (Å²) in [5.74, 6) is 0. The molecular formula is C3H8N2O4S. The summed E-state index contributed by atoms with van der Waals surface area (Å²) >= 11 is 0. The molecule has 0 unspecified atom stereocenters. The molecule has 2 amide bonds. The molecule has 0 aliphatic carbocycles. The standard InChI is InChI=1S/C3H8N2O4S/c1-5(2)3(6)4-10(7,8)9/h1-2H3,(H,4,6)(H,7,8,9). The minimum atomic E-state index is -4.41. The van der Waals surface area contributed by atoms with Crippen molar-refractivity contribution >= 4 is 16.3 Å². The molecule has 60 valence electrons. The maximum absolute atomic E-state index is 10.4. The van der Waals surface area contributed by atoms with Crippen molar-refractivity contribution in [2.45, 2.75) is 0 Å². The topological polar surface area (TPSA) is 86.7 Å². The number of urea groups is 1. The molecule has 0 rings (SSSR count). The third-order valence-electron chi connectivity index (χ3n) is 0.622. The predicted molar refractivity (Wildman–Crippen MR) is 33.8 cm³/mol. The SMILES string of the molecule is CN(C)C(=O)NS(=O)(=O)O. The monoisotopic (exact) mass is 168 g/mol. The molecule has 0 bridgehead atoms. The minimum absolute atomic E-state index is 0.887. The van der Waals surface area contributed by atoms with Gasteiger partial charge in [-0.1, -0.05) is 0 Å². The summed E-state index contributed by atoms with van der Waals surface area (Å²) in [7, 11) is -1.71. The number of rotatable bonds is 1. The van der Waals surface area contributed by atoms with Crippen LogP contribution in [0, 0.1) is 0 Å². The fourth-order valence-electron chi connectivity index (χ4n) is 0.202. The van der Waals surface area contributed by atoms with E-state index in [2.05, 4.69) is 0 Å². The van der Waals surface area contributed by atoms with Crippen LogP contribution in [0.3, 0.4) is 0 Å². The molecule has 0 radical (unpaired) electrons. The van der Waals surface area contributed by atoms with Gasteiger partial charge in [-0.15, -0.1) is 0 Å². The van der Waals surface area contributed by atoms with Crippen molar-refractivity contribution in [3.05, 3.63) is 0 Å². The summed E-state index contributed by atoms with van der Waals surface area (Å²) in [5.41, 5.74) is 0. The van der Waals surface area contributed by atoms with Crippen molar-refractivity contribution in [2.24, 2.45) is 0 Å². The third-order valence-corrected chi connectivity index (χ3v) is 1.06. The first-order chi connectivity index (χ1) is 4.33. The van der Waals surface area contributed by atoms with Gasteiger partial charge in [-0.2, -0.15) is 8.42 Å². The van der Waals surface area contributed by atoms with Gasteiger partial charge in [0.2, 0.25) is 0 Å². The zero-order valence-electron chi connectivity index (χ0n) is 5.53. The molecule has 2 N–H and O–H groups in total. The van der Waals surface area contributed by atoms with Gasteiger partial charge < -0.3 is 4.90 Å². The quantitative estimate of drug-likeness (QED) is 0.495. The van der Waals surface area contributed by atoms with Gasteiger partial charge in [-0.05, 0) is 0 Å². The molecule has 0 aliphatic heterocycles. The van der Waals surface area contributed by atoms with E-state index in [4.69, 9.17) is 4.55 Å². The molecule has 7 heteroatoms. The average Bonchev–Trinajstić information content (AvgIpc) is 1.60. The van der Waals surface area contributed by atoms with Gasteiger partial charge in [-0.3, -0.25) is 4.55 Å². The molecule has 0 fully saturated rings. The summed E-state index contributed by atoms with van der Waals surface area (Å²) in [5, 5.41) is 0. The van der Waals surface area contributed by atoms with E-state index in [9.17, 15) is 13.2 Å². The highest BCUT2D eigenvalue weighted by Crippen LogP contribution is 1.79. The van der Waals surface area contributed by atoms with Crippen molar-refractivity contribution in [2.75, 3.05) is 14.1 Å². The van der Waals surface area contributed by atoms with Crippen LogP contribution in [0.25, 0.3) is 0 Å². The van der Waals surface area contributed by atoms with E-state index in [1.165, 1.54) is 18.8 Å². The molecule has 6 nitrogen and oxygen atoms in total.